The van der Waals surface area contributed by atoms with E-state index in [9.17, 15) is 0 Å². The van der Waals surface area contributed by atoms with Crippen LogP contribution in [0.3, 0.4) is 0 Å². The lowest BCUT2D eigenvalue weighted by molar-refractivity contribution is 0.643. The van der Waals surface area contributed by atoms with Crippen molar-refractivity contribution in [1.29, 1.82) is 0 Å². The minimum absolute atomic E-state index is 0.0916. The van der Waals surface area contributed by atoms with E-state index in [1.165, 1.54) is 27.9 Å². The Morgan fingerprint density at radius 2 is 1.90 bits per heavy atom. The zero-order valence-electron chi connectivity index (χ0n) is 13.2. The molecular formula is C17H25N3. The first kappa shape index (κ1) is 14.8. The van der Waals surface area contributed by atoms with E-state index in [0.717, 1.165) is 18.5 Å². The van der Waals surface area contributed by atoms with Gasteiger partial charge in [-0.25, -0.2) is 0 Å². The Labute approximate surface area is 121 Å². The summed E-state index contributed by atoms with van der Waals surface area (Å²) in [5.74, 6) is 0. The fourth-order valence-corrected chi connectivity index (χ4v) is 2.79. The third-order valence-corrected chi connectivity index (χ3v) is 4.20. The number of rotatable bonds is 4. The molecule has 1 aromatic carbocycles. The van der Waals surface area contributed by atoms with Crippen LogP contribution in [0.1, 0.15) is 46.1 Å². The molecule has 3 nitrogen and oxygen atoms in total. The Hall–Kier alpha value is -1.61. The van der Waals surface area contributed by atoms with Crippen LogP contribution in [0, 0.1) is 27.7 Å². The molecule has 2 N–H and O–H groups in total. The molecule has 1 aromatic heterocycles. The van der Waals surface area contributed by atoms with Crippen molar-refractivity contribution in [3.63, 3.8) is 0 Å². The number of aromatic nitrogens is 2. The van der Waals surface area contributed by atoms with Gasteiger partial charge in [-0.1, -0.05) is 23.8 Å². The topological polar surface area (TPSA) is 43.8 Å². The van der Waals surface area contributed by atoms with Crippen molar-refractivity contribution in [3.05, 3.63) is 51.8 Å². The van der Waals surface area contributed by atoms with Gasteiger partial charge in [-0.05, 0) is 57.2 Å². The lowest BCUT2D eigenvalue weighted by Gasteiger charge is -2.15. The quantitative estimate of drug-likeness (QED) is 0.927. The van der Waals surface area contributed by atoms with Gasteiger partial charge in [0.2, 0.25) is 0 Å². The van der Waals surface area contributed by atoms with Crippen LogP contribution in [0.25, 0.3) is 0 Å². The van der Waals surface area contributed by atoms with Gasteiger partial charge in [0.1, 0.15) is 0 Å². The van der Waals surface area contributed by atoms with Crippen LogP contribution in [0.15, 0.2) is 18.2 Å². The molecule has 0 saturated carbocycles. The number of nitrogens with two attached hydrogens (primary N) is 1. The summed E-state index contributed by atoms with van der Waals surface area (Å²) in [6.45, 7) is 8.45. The van der Waals surface area contributed by atoms with Crippen LogP contribution >= 0.6 is 0 Å². The number of hydrogen-bond donors (Lipinski definition) is 1. The molecular weight excluding hydrogens is 246 g/mol. The van der Waals surface area contributed by atoms with Gasteiger partial charge in [-0.2, -0.15) is 5.10 Å². The molecule has 0 aliphatic rings. The van der Waals surface area contributed by atoms with Crippen molar-refractivity contribution in [3.8, 4) is 0 Å². The summed E-state index contributed by atoms with van der Waals surface area (Å²) < 4.78 is 1.95. The minimum atomic E-state index is 0.0916. The minimum Gasteiger partial charge on any atom is -0.324 e. The molecule has 0 saturated heterocycles. The van der Waals surface area contributed by atoms with E-state index in [-0.39, 0.29) is 6.04 Å². The summed E-state index contributed by atoms with van der Waals surface area (Å²) in [5, 5.41) is 4.47. The van der Waals surface area contributed by atoms with Gasteiger partial charge >= 0.3 is 0 Å². The second-order valence-corrected chi connectivity index (χ2v) is 5.78. The Morgan fingerprint density at radius 3 is 2.50 bits per heavy atom. The van der Waals surface area contributed by atoms with Gasteiger partial charge < -0.3 is 5.73 Å². The average Bonchev–Trinajstić information content (AvgIpc) is 2.64. The first-order valence-electron chi connectivity index (χ1n) is 7.22. The molecule has 2 rings (SSSR count). The number of hydrogen-bond acceptors (Lipinski definition) is 2. The fraction of sp³-hybridized carbons (Fsp3) is 0.471. The molecule has 0 amide bonds. The van der Waals surface area contributed by atoms with Gasteiger partial charge in [-0.15, -0.1) is 0 Å². The molecule has 1 atom stereocenters. The van der Waals surface area contributed by atoms with Crippen molar-refractivity contribution in [2.24, 2.45) is 12.8 Å². The van der Waals surface area contributed by atoms with E-state index < -0.39 is 0 Å². The summed E-state index contributed by atoms with van der Waals surface area (Å²) >= 11 is 0. The molecule has 0 spiro atoms. The van der Waals surface area contributed by atoms with Crippen molar-refractivity contribution >= 4 is 0 Å². The van der Waals surface area contributed by atoms with E-state index in [1.54, 1.807) is 0 Å². The van der Waals surface area contributed by atoms with Crippen LogP contribution < -0.4 is 5.73 Å². The highest BCUT2D eigenvalue weighted by atomic mass is 15.3. The van der Waals surface area contributed by atoms with Crippen LogP contribution in [-0.4, -0.2) is 9.78 Å². The lowest BCUT2D eigenvalue weighted by Crippen LogP contribution is -2.13. The zero-order valence-corrected chi connectivity index (χ0v) is 13.2. The summed E-state index contributed by atoms with van der Waals surface area (Å²) in [6, 6.07) is 6.60. The van der Waals surface area contributed by atoms with Crippen LogP contribution in [0.5, 0.6) is 0 Å². The molecule has 1 heterocycles. The summed E-state index contributed by atoms with van der Waals surface area (Å²) in [7, 11) is 2.00. The molecule has 0 bridgehead atoms. The van der Waals surface area contributed by atoms with Gasteiger partial charge in [0.05, 0.1) is 5.69 Å². The van der Waals surface area contributed by atoms with E-state index in [2.05, 4.69) is 51.0 Å². The molecule has 0 aliphatic carbocycles. The van der Waals surface area contributed by atoms with Gasteiger partial charge in [0.15, 0.2) is 0 Å². The second kappa shape index (κ2) is 5.80. The first-order valence-corrected chi connectivity index (χ1v) is 7.22. The normalized spacial score (nSPS) is 12.7. The monoisotopic (exact) mass is 271 g/mol. The largest absolute Gasteiger partial charge is 0.324 e. The standard InChI is InChI=1S/C17H25N3/c1-11-6-7-12(2)16(10-11)17(18)9-8-15-13(3)19-20(5)14(15)4/h6-7,10,17H,8-9,18H2,1-5H3. The van der Waals surface area contributed by atoms with Crippen molar-refractivity contribution < 1.29 is 0 Å². The third kappa shape index (κ3) is 2.93. The van der Waals surface area contributed by atoms with Gasteiger partial charge in [-0.3, -0.25) is 4.68 Å². The molecule has 0 radical (unpaired) electrons. The van der Waals surface area contributed by atoms with Crippen molar-refractivity contribution in [2.45, 2.75) is 46.6 Å². The molecule has 108 valence electrons. The number of benzene rings is 1. The average molecular weight is 271 g/mol. The third-order valence-electron chi connectivity index (χ3n) is 4.20. The summed E-state index contributed by atoms with van der Waals surface area (Å²) in [5.41, 5.74) is 13.9. The molecule has 0 aliphatic heterocycles. The van der Waals surface area contributed by atoms with E-state index in [4.69, 9.17) is 5.73 Å². The fourth-order valence-electron chi connectivity index (χ4n) is 2.79. The van der Waals surface area contributed by atoms with Crippen molar-refractivity contribution in [2.75, 3.05) is 0 Å². The van der Waals surface area contributed by atoms with E-state index in [1.807, 2.05) is 11.7 Å². The second-order valence-electron chi connectivity index (χ2n) is 5.78. The van der Waals surface area contributed by atoms with Crippen LogP contribution in [0.2, 0.25) is 0 Å². The number of nitrogens with zero attached hydrogens (tertiary/aromatic N) is 2. The highest BCUT2D eigenvalue weighted by Crippen LogP contribution is 2.23. The predicted molar refractivity (Wildman–Crippen MR) is 83.8 cm³/mol. The predicted octanol–water partition coefficient (Wildman–Crippen LogP) is 3.29. The van der Waals surface area contributed by atoms with Crippen LogP contribution in [0.4, 0.5) is 0 Å². The molecule has 1 unspecified atom stereocenters. The summed E-state index contributed by atoms with van der Waals surface area (Å²) in [6.07, 6.45) is 1.94. The lowest BCUT2D eigenvalue weighted by atomic mass is 9.94. The molecule has 0 fully saturated rings. The maximum absolute atomic E-state index is 6.39. The Kier molecular flexibility index (Phi) is 4.29. The van der Waals surface area contributed by atoms with Gasteiger partial charge in [0, 0.05) is 18.8 Å². The van der Waals surface area contributed by atoms with Crippen LogP contribution in [-0.2, 0) is 13.5 Å². The zero-order chi connectivity index (χ0) is 14.9. The molecule has 20 heavy (non-hydrogen) atoms. The maximum Gasteiger partial charge on any atom is 0.0628 e. The molecule has 2 aromatic rings. The SMILES string of the molecule is Cc1ccc(C)c(C(N)CCc2c(C)nn(C)c2C)c1. The smallest absolute Gasteiger partial charge is 0.0628 e. The molecule has 3 heteroatoms. The summed E-state index contributed by atoms with van der Waals surface area (Å²) in [4.78, 5) is 0. The van der Waals surface area contributed by atoms with E-state index in [0.29, 0.717) is 0 Å². The van der Waals surface area contributed by atoms with E-state index >= 15 is 0 Å². The highest BCUT2D eigenvalue weighted by molar-refractivity contribution is 5.33. The number of aryl methyl sites for hydroxylation is 4. The Bertz CT molecular complexity index is 611. The Balaban J connectivity index is 2.12. The maximum atomic E-state index is 6.39. The van der Waals surface area contributed by atoms with Crippen molar-refractivity contribution in [1.82, 2.24) is 9.78 Å². The van der Waals surface area contributed by atoms with Gasteiger partial charge in [0.25, 0.3) is 0 Å². The Morgan fingerprint density at radius 1 is 1.20 bits per heavy atom. The first-order chi connectivity index (χ1) is 9.40. The highest BCUT2D eigenvalue weighted by Gasteiger charge is 2.13.